The van der Waals surface area contributed by atoms with E-state index in [0.717, 1.165) is 29.2 Å². The van der Waals surface area contributed by atoms with E-state index in [-0.39, 0.29) is 6.03 Å². The van der Waals surface area contributed by atoms with E-state index in [1.165, 1.54) is 0 Å². The number of hydrogen-bond acceptors (Lipinski definition) is 3. The van der Waals surface area contributed by atoms with Gasteiger partial charge in [-0.15, -0.1) is 0 Å². The first-order valence-electron chi connectivity index (χ1n) is 7.21. The van der Waals surface area contributed by atoms with Crippen LogP contribution in [-0.2, 0) is 6.54 Å². The molecular formula is C16H17ClN4O. The van der Waals surface area contributed by atoms with Crippen molar-refractivity contribution in [3.8, 4) is 0 Å². The van der Waals surface area contributed by atoms with E-state index in [4.69, 9.17) is 11.6 Å². The number of carbonyl (C=O) groups is 1. The zero-order valence-electron chi connectivity index (χ0n) is 12.0. The molecule has 22 heavy (non-hydrogen) atoms. The minimum atomic E-state index is -0.180. The summed E-state index contributed by atoms with van der Waals surface area (Å²) in [4.78, 5) is 15.9. The van der Waals surface area contributed by atoms with Gasteiger partial charge >= 0.3 is 6.03 Å². The summed E-state index contributed by atoms with van der Waals surface area (Å²) in [6, 6.07) is 11.5. The summed E-state index contributed by atoms with van der Waals surface area (Å²) in [6.45, 7) is 0.599. The number of urea groups is 1. The summed E-state index contributed by atoms with van der Waals surface area (Å²) in [6.07, 6.45) is 3.76. The maximum atomic E-state index is 11.6. The molecule has 0 spiro atoms. The fraction of sp³-hybridized carbons (Fsp3) is 0.250. The molecule has 0 atom stereocenters. The average molecular weight is 317 g/mol. The van der Waals surface area contributed by atoms with E-state index >= 15 is 0 Å². The normalized spacial score (nSPS) is 13.5. The molecule has 6 heteroatoms. The van der Waals surface area contributed by atoms with Gasteiger partial charge in [0.2, 0.25) is 0 Å². The van der Waals surface area contributed by atoms with Crippen molar-refractivity contribution in [2.24, 2.45) is 0 Å². The highest BCUT2D eigenvalue weighted by Crippen LogP contribution is 2.19. The van der Waals surface area contributed by atoms with Crippen LogP contribution in [0.4, 0.5) is 16.3 Å². The molecule has 114 valence electrons. The van der Waals surface area contributed by atoms with Crippen LogP contribution in [0.5, 0.6) is 0 Å². The van der Waals surface area contributed by atoms with Crippen molar-refractivity contribution in [3.63, 3.8) is 0 Å². The van der Waals surface area contributed by atoms with E-state index < -0.39 is 0 Å². The van der Waals surface area contributed by atoms with E-state index in [1.54, 1.807) is 6.20 Å². The number of nitrogens with zero attached hydrogens (tertiary/aromatic N) is 1. The highest BCUT2D eigenvalue weighted by molar-refractivity contribution is 6.31. The summed E-state index contributed by atoms with van der Waals surface area (Å²) in [5.41, 5.74) is 1.68. The second-order valence-corrected chi connectivity index (χ2v) is 5.66. The summed E-state index contributed by atoms with van der Waals surface area (Å²) < 4.78 is 0. The second kappa shape index (κ2) is 6.66. The molecule has 0 aliphatic heterocycles. The quantitative estimate of drug-likeness (QED) is 0.789. The SMILES string of the molecule is O=C(Nc1ccc(NCc2ccccc2Cl)nc1)NC1CC1. The molecule has 3 N–H and O–H groups in total. The van der Waals surface area contributed by atoms with Gasteiger partial charge in [0.05, 0.1) is 11.9 Å². The summed E-state index contributed by atoms with van der Waals surface area (Å²) >= 11 is 6.10. The van der Waals surface area contributed by atoms with Crippen LogP contribution in [-0.4, -0.2) is 17.1 Å². The van der Waals surface area contributed by atoms with Crippen molar-refractivity contribution < 1.29 is 4.79 Å². The fourth-order valence-electron chi connectivity index (χ4n) is 1.98. The number of nitrogens with one attached hydrogen (secondary N) is 3. The van der Waals surface area contributed by atoms with Gasteiger partial charge in [-0.25, -0.2) is 9.78 Å². The van der Waals surface area contributed by atoms with Gasteiger partial charge in [0, 0.05) is 17.6 Å². The van der Waals surface area contributed by atoms with Gasteiger partial charge in [0.25, 0.3) is 0 Å². The maximum absolute atomic E-state index is 11.6. The van der Waals surface area contributed by atoms with Crippen LogP contribution >= 0.6 is 11.6 Å². The van der Waals surface area contributed by atoms with Crippen LogP contribution in [0.25, 0.3) is 0 Å². The van der Waals surface area contributed by atoms with Gasteiger partial charge in [-0.3, -0.25) is 0 Å². The molecule has 1 aromatic heterocycles. The summed E-state index contributed by atoms with van der Waals surface area (Å²) in [7, 11) is 0. The van der Waals surface area contributed by atoms with Gasteiger partial charge < -0.3 is 16.0 Å². The first-order chi connectivity index (χ1) is 10.7. The van der Waals surface area contributed by atoms with Gasteiger partial charge in [-0.05, 0) is 36.6 Å². The van der Waals surface area contributed by atoms with Gasteiger partial charge in [0.1, 0.15) is 5.82 Å². The molecule has 1 heterocycles. The van der Waals surface area contributed by atoms with Crippen molar-refractivity contribution >= 4 is 29.1 Å². The lowest BCUT2D eigenvalue weighted by molar-refractivity contribution is 0.251. The van der Waals surface area contributed by atoms with Gasteiger partial charge in [-0.1, -0.05) is 29.8 Å². The molecule has 1 fully saturated rings. The van der Waals surface area contributed by atoms with Crippen molar-refractivity contribution in [2.75, 3.05) is 10.6 Å². The maximum Gasteiger partial charge on any atom is 0.319 e. The summed E-state index contributed by atoms with van der Waals surface area (Å²) in [5, 5.41) is 9.55. The molecule has 5 nitrogen and oxygen atoms in total. The number of halogens is 1. The Labute approximate surface area is 134 Å². The molecule has 2 amide bonds. The average Bonchev–Trinajstić information content (AvgIpc) is 3.32. The number of pyridine rings is 1. The minimum Gasteiger partial charge on any atom is -0.366 e. The lowest BCUT2D eigenvalue weighted by Crippen LogP contribution is -2.30. The zero-order chi connectivity index (χ0) is 15.4. The molecule has 0 unspecified atom stereocenters. The third-order valence-electron chi connectivity index (χ3n) is 3.35. The van der Waals surface area contributed by atoms with Crippen LogP contribution in [0.1, 0.15) is 18.4 Å². The monoisotopic (exact) mass is 316 g/mol. The van der Waals surface area contributed by atoms with Gasteiger partial charge in [-0.2, -0.15) is 0 Å². The standard InChI is InChI=1S/C16H17ClN4O/c17-14-4-2-1-3-11(14)9-18-15-8-7-13(10-19-15)21-16(22)20-12-5-6-12/h1-4,7-8,10,12H,5-6,9H2,(H,18,19)(H2,20,21,22). The van der Waals surface area contributed by atoms with Crippen molar-refractivity contribution in [1.29, 1.82) is 0 Å². The number of aromatic nitrogens is 1. The molecule has 1 aliphatic carbocycles. The third-order valence-corrected chi connectivity index (χ3v) is 3.72. The molecule has 1 aliphatic rings. The topological polar surface area (TPSA) is 66.0 Å². The number of rotatable bonds is 5. The van der Waals surface area contributed by atoms with Gasteiger partial charge in [0.15, 0.2) is 0 Å². The lowest BCUT2D eigenvalue weighted by Gasteiger charge is -2.09. The Morgan fingerprint density at radius 3 is 2.73 bits per heavy atom. The Balaban J connectivity index is 1.52. The molecular weight excluding hydrogens is 300 g/mol. The zero-order valence-corrected chi connectivity index (χ0v) is 12.7. The Morgan fingerprint density at radius 1 is 1.23 bits per heavy atom. The molecule has 0 bridgehead atoms. The van der Waals surface area contributed by atoms with Crippen LogP contribution in [0.15, 0.2) is 42.6 Å². The molecule has 3 rings (SSSR count). The predicted molar refractivity (Wildman–Crippen MR) is 88.2 cm³/mol. The van der Waals surface area contributed by atoms with Crippen molar-refractivity contribution in [2.45, 2.75) is 25.4 Å². The van der Waals surface area contributed by atoms with Crippen molar-refractivity contribution in [1.82, 2.24) is 10.3 Å². The Morgan fingerprint density at radius 2 is 2.05 bits per heavy atom. The van der Waals surface area contributed by atoms with E-state index in [2.05, 4.69) is 20.9 Å². The van der Waals surface area contributed by atoms with Crippen LogP contribution in [0, 0.1) is 0 Å². The first kappa shape index (κ1) is 14.7. The number of anilines is 2. The number of carbonyl (C=O) groups excluding carboxylic acids is 1. The smallest absolute Gasteiger partial charge is 0.319 e. The molecule has 1 saturated carbocycles. The third kappa shape index (κ3) is 4.11. The summed E-state index contributed by atoms with van der Waals surface area (Å²) in [5.74, 6) is 0.730. The highest BCUT2D eigenvalue weighted by Gasteiger charge is 2.23. The Hall–Kier alpha value is -2.27. The minimum absolute atomic E-state index is 0.180. The lowest BCUT2D eigenvalue weighted by atomic mass is 10.2. The Bertz CT molecular complexity index is 655. The van der Waals surface area contributed by atoms with Crippen LogP contribution < -0.4 is 16.0 Å². The highest BCUT2D eigenvalue weighted by atomic mass is 35.5. The van der Waals surface area contributed by atoms with E-state index in [1.807, 2.05) is 36.4 Å². The van der Waals surface area contributed by atoms with Crippen molar-refractivity contribution in [3.05, 3.63) is 53.2 Å². The molecule has 0 saturated heterocycles. The number of benzene rings is 1. The predicted octanol–water partition coefficient (Wildman–Crippen LogP) is 3.63. The molecule has 0 radical (unpaired) electrons. The first-order valence-corrected chi connectivity index (χ1v) is 7.59. The van der Waals surface area contributed by atoms with Crippen LogP contribution in [0.3, 0.4) is 0 Å². The Kier molecular flexibility index (Phi) is 4.44. The van der Waals surface area contributed by atoms with E-state index in [0.29, 0.717) is 18.3 Å². The number of amides is 2. The van der Waals surface area contributed by atoms with Crippen LogP contribution in [0.2, 0.25) is 5.02 Å². The largest absolute Gasteiger partial charge is 0.366 e. The van der Waals surface area contributed by atoms with E-state index in [9.17, 15) is 4.79 Å². The molecule has 2 aromatic rings. The molecule has 1 aromatic carbocycles. The number of hydrogen-bond donors (Lipinski definition) is 3. The second-order valence-electron chi connectivity index (χ2n) is 5.25. The fourth-order valence-corrected chi connectivity index (χ4v) is 2.18.